The van der Waals surface area contributed by atoms with Crippen molar-refractivity contribution in [1.29, 1.82) is 0 Å². The van der Waals surface area contributed by atoms with Crippen molar-refractivity contribution < 1.29 is 4.21 Å². The van der Waals surface area contributed by atoms with E-state index in [2.05, 4.69) is 20.9 Å². The molecule has 0 aliphatic rings. The van der Waals surface area contributed by atoms with Crippen molar-refractivity contribution in [2.75, 3.05) is 5.73 Å². The number of nitrogens with two attached hydrogens (primary N) is 1. The Kier molecular flexibility index (Phi) is 3.73. The van der Waals surface area contributed by atoms with Crippen molar-refractivity contribution in [2.24, 2.45) is 0 Å². The molecule has 1 atom stereocenters. The molecular formula is C10H9BrN2OS2. The molecule has 0 spiro atoms. The first-order valence-corrected chi connectivity index (χ1v) is 7.48. The summed E-state index contributed by atoms with van der Waals surface area (Å²) in [6, 6.07) is 5.39. The Morgan fingerprint density at radius 2 is 2.31 bits per heavy atom. The number of halogens is 1. The second kappa shape index (κ2) is 5.07. The Hall–Kier alpha value is -0.720. The first-order chi connectivity index (χ1) is 7.68. The van der Waals surface area contributed by atoms with Gasteiger partial charge in [-0.1, -0.05) is 0 Å². The molecule has 0 aromatic carbocycles. The summed E-state index contributed by atoms with van der Waals surface area (Å²) < 4.78 is 13.0. The van der Waals surface area contributed by atoms with Crippen molar-refractivity contribution in [3.8, 4) is 0 Å². The molecule has 2 aromatic rings. The zero-order valence-corrected chi connectivity index (χ0v) is 11.4. The van der Waals surface area contributed by atoms with Crippen LogP contribution < -0.4 is 5.73 Å². The fourth-order valence-corrected chi connectivity index (χ4v) is 4.30. The standard InChI is InChI=1S/C10H9BrN2OS2/c11-7-3-5-15-9(7)6-16(14)10-8(12)2-1-4-13-10/h1-5H,6,12H2. The molecular weight excluding hydrogens is 308 g/mol. The largest absolute Gasteiger partial charge is 0.396 e. The summed E-state index contributed by atoms with van der Waals surface area (Å²) in [5, 5.41) is 2.42. The van der Waals surface area contributed by atoms with E-state index >= 15 is 0 Å². The van der Waals surface area contributed by atoms with E-state index in [4.69, 9.17) is 5.73 Å². The summed E-state index contributed by atoms with van der Waals surface area (Å²) in [6.45, 7) is 0. The molecule has 3 nitrogen and oxygen atoms in total. The van der Waals surface area contributed by atoms with Crippen LogP contribution in [-0.4, -0.2) is 9.19 Å². The Morgan fingerprint density at radius 3 is 2.94 bits per heavy atom. The number of pyridine rings is 1. The van der Waals surface area contributed by atoms with E-state index < -0.39 is 10.8 Å². The van der Waals surface area contributed by atoms with Gasteiger partial charge in [0.25, 0.3) is 0 Å². The fraction of sp³-hybridized carbons (Fsp3) is 0.100. The number of hydrogen-bond donors (Lipinski definition) is 1. The maximum absolute atomic E-state index is 12.0. The molecule has 0 amide bonds. The lowest BCUT2D eigenvalue weighted by Crippen LogP contribution is -2.02. The Labute approximate surface area is 108 Å². The lowest BCUT2D eigenvalue weighted by molar-refractivity contribution is 0.680. The Bertz CT molecular complexity index is 527. The van der Waals surface area contributed by atoms with E-state index in [1.807, 2.05) is 11.4 Å². The molecule has 84 valence electrons. The zero-order chi connectivity index (χ0) is 11.5. The van der Waals surface area contributed by atoms with E-state index in [0.717, 1.165) is 9.35 Å². The smallest absolute Gasteiger partial charge is 0.150 e. The summed E-state index contributed by atoms with van der Waals surface area (Å²) >= 11 is 4.98. The van der Waals surface area contributed by atoms with Crippen LogP contribution in [0.5, 0.6) is 0 Å². The van der Waals surface area contributed by atoms with E-state index in [0.29, 0.717) is 16.5 Å². The lowest BCUT2D eigenvalue weighted by Gasteiger charge is -2.03. The van der Waals surface area contributed by atoms with E-state index in [9.17, 15) is 4.21 Å². The average Bonchev–Trinajstić information content (AvgIpc) is 2.65. The molecule has 0 fully saturated rings. The number of nitrogens with zero attached hydrogens (tertiary/aromatic N) is 1. The molecule has 6 heteroatoms. The molecule has 0 aliphatic carbocycles. The maximum Gasteiger partial charge on any atom is 0.150 e. The number of thiophene rings is 1. The Balaban J connectivity index is 2.22. The highest BCUT2D eigenvalue weighted by Crippen LogP contribution is 2.26. The molecule has 0 radical (unpaired) electrons. The molecule has 0 aliphatic heterocycles. The third kappa shape index (κ3) is 2.50. The van der Waals surface area contributed by atoms with Gasteiger partial charge in [-0.2, -0.15) is 0 Å². The van der Waals surface area contributed by atoms with Crippen molar-refractivity contribution >= 4 is 43.8 Å². The van der Waals surface area contributed by atoms with E-state index in [1.54, 1.807) is 29.7 Å². The maximum atomic E-state index is 12.0. The van der Waals surface area contributed by atoms with Gasteiger partial charge < -0.3 is 5.73 Å². The summed E-state index contributed by atoms with van der Waals surface area (Å²) in [4.78, 5) is 5.10. The average molecular weight is 317 g/mol. The monoisotopic (exact) mass is 316 g/mol. The number of nitrogen functional groups attached to an aromatic ring is 1. The molecule has 16 heavy (non-hydrogen) atoms. The molecule has 0 saturated carbocycles. The number of rotatable bonds is 3. The van der Waals surface area contributed by atoms with Crippen LogP contribution in [-0.2, 0) is 16.6 Å². The highest BCUT2D eigenvalue weighted by molar-refractivity contribution is 9.10. The molecule has 2 heterocycles. The summed E-state index contributed by atoms with van der Waals surface area (Å²) in [5.74, 6) is 0.444. The van der Waals surface area contributed by atoms with Gasteiger partial charge in [0.1, 0.15) is 5.03 Å². The van der Waals surface area contributed by atoms with Crippen LogP contribution in [0.4, 0.5) is 5.69 Å². The topological polar surface area (TPSA) is 56.0 Å². The van der Waals surface area contributed by atoms with Gasteiger partial charge in [0.2, 0.25) is 0 Å². The molecule has 2 rings (SSSR count). The van der Waals surface area contributed by atoms with Crippen molar-refractivity contribution in [3.05, 3.63) is 39.1 Å². The Morgan fingerprint density at radius 1 is 1.50 bits per heavy atom. The fourth-order valence-electron chi connectivity index (χ4n) is 1.21. The van der Waals surface area contributed by atoms with Crippen LogP contribution in [0.1, 0.15) is 4.88 Å². The van der Waals surface area contributed by atoms with Gasteiger partial charge in [0, 0.05) is 15.5 Å². The van der Waals surface area contributed by atoms with Gasteiger partial charge in [-0.3, -0.25) is 4.21 Å². The summed E-state index contributed by atoms with van der Waals surface area (Å²) in [7, 11) is -1.19. The van der Waals surface area contributed by atoms with Crippen LogP contribution in [0.15, 0.2) is 39.3 Å². The third-order valence-electron chi connectivity index (χ3n) is 1.97. The van der Waals surface area contributed by atoms with Crippen LogP contribution in [0.2, 0.25) is 0 Å². The molecule has 2 N–H and O–H groups in total. The minimum absolute atomic E-state index is 0.444. The normalized spacial score (nSPS) is 12.6. The van der Waals surface area contributed by atoms with Crippen molar-refractivity contribution in [1.82, 2.24) is 4.98 Å². The number of hydrogen-bond acceptors (Lipinski definition) is 4. The lowest BCUT2D eigenvalue weighted by atomic mass is 10.4. The summed E-state index contributed by atoms with van der Waals surface area (Å²) in [6.07, 6.45) is 1.60. The molecule has 1 unspecified atom stereocenters. The molecule has 0 bridgehead atoms. The second-order valence-electron chi connectivity index (χ2n) is 3.08. The van der Waals surface area contributed by atoms with Crippen LogP contribution in [0, 0.1) is 0 Å². The van der Waals surface area contributed by atoms with Crippen molar-refractivity contribution in [2.45, 2.75) is 10.8 Å². The van der Waals surface area contributed by atoms with Crippen LogP contribution in [0.25, 0.3) is 0 Å². The SMILES string of the molecule is Nc1cccnc1S(=O)Cc1sccc1Br. The highest BCUT2D eigenvalue weighted by atomic mass is 79.9. The van der Waals surface area contributed by atoms with Crippen LogP contribution in [0.3, 0.4) is 0 Å². The third-order valence-corrected chi connectivity index (χ3v) is 5.40. The van der Waals surface area contributed by atoms with Gasteiger partial charge >= 0.3 is 0 Å². The van der Waals surface area contributed by atoms with Gasteiger partial charge in [-0.15, -0.1) is 11.3 Å². The second-order valence-corrected chi connectivity index (χ2v) is 6.30. The van der Waals surface area contributed by atoms with Gasteiger partial charge in [-0.05, 0) is 39.5 Å². The van der Waals surface area contributed by atoms with Crippen LogP contribution >= 0.6 is 27.3 Å². The van der Waals surface area contributed by atoms with Gasteiger partial charge in [-0.25, -0.2) is 4.98 Å². The molecule has 2 aromatic heterocycles. The van der Waals surface area contributed by atoms with E-state index in [1.165, 1.54) is 0 Å². The van der Waals surface area contributed by atoms with Gasteiger partial charge in [0.05, 0.1) is 22.2 Å². The molecule has 0 saturated heterocycles. The summed E-state index contributed by atoms with van der Waals surface area (Å²) in [5.41, 5.74) is 6.20. The first kappa shape index (κ1) is 11.8. The van der Waals surface area contributed by atoms with Gasteiger partial charge in [0.15, 0.2) is 0 Å². The quantitative estimate of drug-likeness (QED) is 0.947. The predicted molar refractivity (Wildman–Crippen MR) is 70.8 cm³/mol. The highest BCUT2D eigenvalue weighted by Gasteiger charge is 2.12. The minimum Gasteiger partial charge on any atom is -0.396 e. The zero-order valence-electron chi connectivity index (χ0n) is 8.22. The van der Waals surface area contributed by atoms with Crippen molar-refractivity contribution in [3.63, 3.8) is 0 Å². The number of anilines is 1. The van der Waals surface area contributed by atoms with E-state index in [-0.39, 0.29) is 0 Å². The predicted octanol–water partition coefficient (Wildman–Crippen LogP) is 2.80. The number of aromatic nitrogens is 1. The first-order valence-electron chi connectivity index (χ1n) is 4.49. The minimum atomic E-state index is -1.19.